The number of hydrogen-bond donors (Lipinski definition) is 0. The summed E-state index contributed by atoms with van der Waals surface area (Å²) in [4.78, 5) is 17.6. The molecule has 0 saturated carbocycles. The van der Waals surface area contributed by atoms with Gasteiger partial charge in [0.15, 0.2) is 5.65 Å². The monoisotopic (exact) mass is 345 g/mol. The van der Waals surface area contributed by atoms with Crippen LogP contribution in [0.2, 0.25) is 0 Å². The molecule has 2 aromatic carbocycles. The van der Waals surface area contributed by atoms with Crippen LogP contribution in [-0.2, 0) is 0 Å². The van der Waals surface area contributed by atoms with Crippen LogP contribution in [0, 0.1) is 13.8 Å². The molecule has 0 radical (unpaired) electrons. The highest BCUT2D eigenvalue weighted by Gasteiger charge is 2.18. The van der Waals surface area contributed by atoms with Crippen LogP contribution in [0.15, 0.2) is 65.5 Å². The summed E-state index contributed by atoms with van der Waals surface area (Å²) in [6.45, 7) is 3.82. The Kier molecular flexibility index (Phi) is 3.84. The van der Waals surface area contributed by atoms with Crippen molar-refractivity contribution in [1.29, 1.82) is 0 Å². The van der Waals surface area contributed by atoms with Crippen molar-refractivity contribution in [1.82, 2.24) is 14.2 Å². The summed E-state index contributed by atoms with van der Waals surface area (Å²) in [6, 6.07) is 20.0. The van der Waals surface area contributed by atoms with Crippen LogP contribution >= 0.6 is 0 Å². The molecule has 2 heterocycles. The van der Waals surface area contributed by atoms with E-state index in [4.69, 9.17) is 4.74 Å². The largest absolute Gasteiger partial charge is 0.490 e. The van der Waals surface area contributed by atoms with Gasteiger partial charge in [0, 0.05) is 11.6 Å². The Balaban J connectivity index is 2.14. The highest BCUT2D eigenvalue weighted by Crippen LogP contribution is 2.26. The lowest BCUT2D eigenvalue weighted by molar-refractivity contribution is 0.399. The van der Waals surface area contributed by atoms with Crippen LogP contribution in [-0.4, -0.2) is 21.3 Å². The molecule has 0 fully saturated rings. The third-order valence-electron chi connectivity index (χ3n) is 4.46. The van der Waals surface area contributed by atoms with Gasteiger partial charge in [-0.05, 0) is 26.0 Å². The summed E-state index contributed by atoms with van der Waals surface area (Å²) in [7, 11) is 1.50. The number of aromatic nitrogens is 3. The summed E-state index contributed by atoms with van der Waals surface area (Å²) in [5, 5.41) is 0. The Hall–Kier alpha value is -3.34. The lowest BCUT2D eigenvalue weighted by Gasteiger charge is -2.12. The summed E-state index contributed by atoms with van der Waals surface area (Å²) in [5.74, 6) is 0.258. The second-order valence-electron chi connectivity index (χ2n) is 6.25. The molecule has 0 bridgehead atoms. The molecule has 0 spiro atoms. The topological polar surface area (TPSA) is 48.5 Å². The van der Waals surface area contributed by atoms with Crippen molar-refractivity contribution in [3.63, 3.8) is 0 Å². The molecule has 4 aromatic rings. The zero-order valence-electron chi connectivity index (χ0n) is 14.9. The van der Waals surface area contributed by atoms with Crippen LogP contribution in [0.5, 0.6) is 5.75 Å². The van der Waals surface area contributed by atoms with Gasteiger partial charge >= 0.3 is 5.56 Å². The van der Waals surface area contributed by atoms with Crippen LogP contribution in [0.25, 0.3) is 22.6 Å². The third-order valence-corrected chi connectivity index (χ3v) is 4.46. The molecule has 0 aliphatic rings. The van der Waals surface area contributed by atoms with Gasteiger partial charge in [-0.2, -0.15) is 4.52 Å². The number of methoxy groups -OCH3 is 1. The lowest BCUT2D eigenvalue weighted by Crippen LogP contribution is -2.23. The van der Waals surface area contributed by atoms with Gasteiger partial charge in [-0.1, -0.05) is 48.0 Å². The predicted molar refractivity (Wildman–Crippen MR) is 102 cm³/mol. The molecule has 0 N–H and O–H groups in total. The molecule has 0 unspecified atom stereocenters. The van der Waals surface area contributed by atoms with E-state index in [1.54, 1.807) is 11.4 Å². The van der Waals surface area contributed by atoms with E-state index in [9.17, 15) is 4.79 Å². The molecule has 0 amide bonds. The quantitative estimate of drug-likeness (QED) is 0.568. The fourth-order valence-corrected chi connectivity index (χ4v) is 3.19. The molecule has 26 heavy (non-hydrogen) atoms. The van der Waals surface area contributed by atoms with Crippen LogP contribution in [0.4, 0.5) is 0 Å². The fraction of sp³-hybridized carbons (Fsp3) is 0.143. The maximum atomic E-state index is 13.1. The maximum Gasteiger partial charge on any atom is 0.315 e. The van der Waals surface area contributed by atoms with Crippen molar-refractivity contribution in [2.45, 2.75) is 13.8 Å². The SMILES string of the molecule is COc1c(C)nc2cc(-c3ccccc3)n(-c3ccc(C)cc3)n2c1=O. The maximum absolute atomic E-state index is 13.1. The average Bonchev–Trinajstić information content (AvgIpc) is 3.03. The smallest absolute Gasteiger partial charge is 0.315 e. The van der Waals surface area contributed by atoms with E-state index in [1.807, 2.05) is 72.3 Å². The summed E-state index contributed by atoms with van der Waals surface area (Å²) >= 11 is 0. The Morgan fingerprint density at radius 3 is 2.31 bits per heavy atom. The molecule has 2 aromatic heterocycles. The predicted octanol–water partition coefficient (Wildman–Crippen LogP) is 3.78. The number of nitrogens with zero attached hydrogens (tertiary/aromatic N) is 3. The van der Waals surface area contributed by atoms with Crippen molar-refractivity contribution in [2.24, 2.45) is 0 Å². The first-order valence-corrected chi connectivity index (χ1v) is 8.42. The summed E-state index contributed by atoms with van der Waals surface area (Å²) < 4.78 is 8.76. The normalized spacial score (nSPS) is 11.0. The number of aryl methyl sites for hydroxylation is 2. The highest BCUT2D eigenvalue weighted by atomic mass is 16.5. The van der Waals surface area contributed by atoms with Crippen molar-refractivity contribution in [3.8, 4) is 22.7 Å². The van der Waals surface area contributed by atoms with E-state index in [-0.39, 0.29) is 11.3 Å². The van der Waals surface area contributed by atoms with Gasteiger partial charge in [0.25, 0.3) is 0 Å². The van der Waals surface area contributed by atoms with Gasteiger partial charge in [-0.3, -0.25) is 4.79 Å². The van der Waals surface area contributed by atoms with E-state index in [1.165, 1.54) is 7.11 Å². The minimum atomic E-state index is -0.224. The molecule has 0 atom stereocenters. The van der Waals surface area contributed by atoms with Crippen LogP contribution in [0.1, 0.15) is 11.3 Å². The van der Waals surface area contributed by atoms with E-state index >= 15 is 0 Å². The van der Waals surface area contributed by atoms with Crippen molar-refractivity contribution >= 4 is 5.65 Å². The molecule has 0 saturated heterocycles. The Morgan fingerprint density at radius 1 is 0.962 bits per heavy atom. The molecule has 0 aliphatic carbocycles. The third kappa shape index (κ3) is 2.49. The fourth-order valence-electron chi connectivity index (χ4n) is 3.19. The van der Waals surface area contributed by atoms with E-state index in [0.717, 1.165) is 22.5 Å². The van der Waals surface area contributed by atoms with Gasteiger partial charge < -0.3 is 4.74 Å². The molecule has 130 valence electrons. The highest BCUT2D eigenvalue weighted by molar-refractivity contribution is 5.67. The van der Waals surface area contributed by atoms with Gasteiger partial charge in [0.05, 0.1) is 24.2 Å². The first kappa shape index (κ1) is 16.1. The second kappa shape index (κ2) is 6.19. The average molecular weight is 345 g/mol. The van der Waals surface area contributed by atoms with Crippen molar-refractivity contribution in [3.05, 3.63) is 82.3 Å². The molecule has 4 rings (SSSR count). The standard InChI is InChI=1S/C21H19N3O2/c1-14-9-11-17(12-10-14)23-18(16-7-5-4-6-8-16)13-19-22-15(2)20(26-3)21(25)24(19)23/h4-13H,1-3H3. The lowest BCUT2D eigenvalue weighted by atomic mass is 10.1. The van der Waals surface area contributed by atoms with E-state index in [0.29, 0.717) is 11.3 Å². The number of hydrogen-bond acceptors (Lipinski definition) is 3. The van der Waals surface area contributed by atoms with Gasteiger partial charge in [-0.15, -0.1) is 0 Å². The molecule has 0 aliphatic heterocycles. The molecular formula is C21H19N3O2. The second-order valence-corrected chi connectivity index (χ2v) is 6.25. The van der Waals surface area contributed by atoms with Gasteiger partial charge in [-0.25, -0.2) is 9.67 Å². The molecular weight excluding hydrogens is 326 g/mol. The van der Waals surface area contributed by atoms with E-state index < -0.39 is 0 Å². The Bertz CT molecular complexity index is 1140. The van der Waals surface area contributed by atoms with E-state index in [2.05, 4.69) is 4.98 Å². The molecule has 5 heteroatoms. The van der Waals surface area contributed by atoms with Crippen LogP contribution < -0.4 is 10.3 Å². The van der Waals surface area contributed by atoms with Gasteiger partial charge in [0.1, 0.15) is 0 Å². The zero-order valence-corrected chi connectivity index (χ0v) is 14.9. The van der Waals surface area contributed by atoms with Crippen LogP contribution in [0.3, 0.4) is 0 Å². The van der Waals surface area contributed by atoms with Crippen molar-refractivity contribution in [2.75, 3.05) is 7.11 Å². The van der Waals surface area contributed by atoms with Gasteiger partial charge in [0.2, 0.25) is 5.75 Å². The summed E-state index contributed by atoms with van der Waals surface area (Å²) in [6.07, 6.45) is 0. The number of ether oxygens (including phenoxy) is 1. The van der Waals surface area contributed by atoms with Crippen molar-refractivity contribution < 1.29 is 4.74 Å². The Morgan fingerprint density at radius 2 is 1.65 bits per heavy atom. The Labute approximate surface area is 151 Å². The number of rotatable bonds is 3. The zero-order chi connectivity index (χ0) is 18.3. The molecule has 5 nitrogen and oxygen atoms in total. The first-order chi connectivity index (χ1) is 12.6. The number of fused-ring (bicyclic) bond motifs is 1. The first-order valence-electron chi connectivity index (χ1n) is 8.42. The number of benzene rings is 2. The minimum Gasteiger partial charge on any atom is -0.490 e. The summed E-state index contributed by atoms with van der Waals surface area (Å²) in [5.41, 5.74) is 4.90. The minimum absolute atomic E-state index is 0.224.